The van der Waals surface area contributed by atoms with Crippen LogP contribution in [0.5, 0.6) is 0 Å². The Kier molecular flexibility index (Phi) is 5.15. The maximum atomic E-state index is 10.9. The molecule has 1 aliphatic heterocycles. The summed E-state index contributed by atoms with van der Waals surface area (Å²) in [7, 11) is 0. The van der Waals surface area contributed by atoms with Gasteiger partial charge in [-0.25, -0.2) is 0 Å². The molecule has 4 heteroatoms. The van der Waals surface area contributed by atoms with Crippen molar-refractivity contribution in [1.29, 1.82) is 0 Å². The van der Waals surface area contributed by atoms with E-state index in [4.69, 9.17) is 4.74 Å². The van der Waals surface area contributed by atoms with E-state index in [1.807, 2.05) is 24.3 Å². The molecule has 0 unspecified atom stereocenters. The number of anilines is 1. The standard InChI is InChI=1S/C16H24N2O2/c1-13(19)18-15-5-3-14(4-6-15)11-17-12-16(2)7-9-20-10-8-16/h3-6,17H,7-12H2,1-2H3,(H,18,19). The molecule has 2 rings (SSSR count). The van der Waals surface area contributed by atoms with E-state index < -0.39 is 0 Å². The lowest BCUT2D eigenvalue weighted by molar-refractivity contribution is -0.114. The van der Waals surface area contributed by atoms with Gasteiger partial charge in [-0.05, 0) is 36.0 Å². The van der Waals surface area contributed by atoms with Crippen LogP contribution in [0.25, 0.3) is 0 Å². The molecule has 4 nitrogen and oxygen atoms in total. The summed E-state index contributed by atoms with van der Waals surface area (Å²) in [5.74, 6) is -0.0386. The monoisotopic (exact) mass is 276 g/mol. The molecular formula is C16H24N2O2. The van der Waals surface area contributed by atoms with Crippen LogP contribution in [-0.4, -0.2) is 25.7 Å². The zero-order chi connectivity index (χ0) is 14.4. The van der Waals surface area contributed by atoms with Crippen LogP contribution < -0.4 is 10.6 Å². The second-order valence-electron chi connectivity index (χ2n) is 5.90. The summed E-state index contributed by atoms with van der Waals surface area (Å²) >= 11 is 0. The van der Waals surface area contributed by atoms with Crippen LogP contribution in [0.1, 0.15) is 32.3 Å². The van der Waals surface area contributed by atoms with Crippen molar-refractivity contribution >= 4 is 11.6 Å². The number of nitrogens with one attached hydrogen (secondary N) is 2. The average Bonchev–Trinajstić information content (AvgIpc) is 2.41. The fourth-order valence-electron chi connectivity index (χ4n) is 2.46. The van der Waals surface area contributed by atoms with Crippen LogP contribution in [0.4, 0.5) is 5.69 Å². The van der Waals surface area contributed by atoms with Crippen molar-refractivity contribution in [1.82, 2.24) is 5.32 Å². The number of hydrogen-bond donors (Lipinski definition) is 2. The van der Waals surface area contributed by atoms with Crippen molar-refractivity contribution in [2.45, 2.75) is 33.2 Å². The minimum absolute atomic E-state index is 0.0386. The normalized spacial score (nSPS) is 17.7. The van der Waals surface area contributed by atoms with E-state index in [2.05, 4.69) is 17.6 Å². The molecule has 0 atom stereocenters. The van der Waals surface area contributed by atoms with Gasteiger partial charge in [-0.3, -0.25) is 4.79 Å². The number of carbonyl (C=O) groups excluding carboxylic acids is 1. The topological polar surface area (TPSA) is 50.4 Å². The average molecular weight is 276 g/mol. The first-order chi connectivity index (χ1) is 9.57. The Morgan fingerprint density at radius 2 is 1.90 bits per heavy atom. The first kappa shape index (κ1) is 15.0. The zero-order valence-corrected chi connectivity index (χ0v) is 12.4. The minimum Gasteiger partial charge on any atom is -0.381 e. The minimum atomic E-state index is -0.0386. The van der Waals surface area contributed by atoms with Gasteiger partial charge in [-0.15, -0.1) is 0 Å². The van der Waals surface area contributed by atoms with E-state index >= 15 is 0 Å². The Hall–Kier alpha value is -1.39. The van der Waals surface area contributed by atoms with Crippen molar-refractivity contribution in [3.05, 3.63) is 29.8 Å². The second-order valence-corrected chi connectivity index (χ2v) is 5.90. The molecular weight excluding hydrogens is 252 g/mol. The highest BCUT2D eigenvalue weighted by molar-refractivity contribution is 5.88. The lowest BCUT2D eigenvalue weighted by Gasteiger charge is -2.33. The van der Waals surface area contributed by atoms with Gasteiger partial charge < -0.3 is 15.4 Å². The predicted molar refractivity (Wildman–Crippen MR) is 80.6 cm³/mol. The molecule has 0 aliphatic carbocycles. The van der Waals surface area contributed by atoms with Crippen molar-refractivity contribution in [3.63, 3.8) is 0 Å². The maximum Gasteiger partial charge on any atom is 0.221 e. The SMILES string of the molecule is CC(=O)Nc1ccc(CNCC2(C)CCOCC2)cc1. The van der Waals surface area contributed by atoms with Gasteiger partial charge in [0.25, 0.3) is 0 Å². The third-order valence-electron chi connectivity index (χ3n) is 3.86. The number of amides is 1. The lowest BCUT2D eigenvalue weighted by atomic mass is 9.82. The highest BCUT2D eigenvalue weighted by Gasteiger charge is 2.26. The molecule has 110 valence electrons. The molecule has 0 radical (unpaired) electrons. The van der Waals surface area contributed by atoms with Crippen LogP contribution in [0.2, 0.25) is 0 Å². The summed E-state index contributed by atoms with van der Waals surface area (Å²) in [5.41, 5.74) is 2.43. The summed E-state index contributed by atoms with van der Waals surface area (Å²) in [6.45, 7) is 7.47. The van der Waals surface area contributed by atoms with E-state index in [0.29, 0.717) is 5.41 Å². The van der Waals surface area contributed by atoms with Gasteiger partial charge >= 0.3 is 0 Å². The highest BCUT2D eigenvalue weighted by Crippen LogP contribution is 2.28. The number of carbonyl (C=O) groups is 1. The summed E-state index contributed by atoms with van der Waals surface area (Å²) in [6, 6.07) is 7.97. The third kappa shape index (κ3) is 4.62. The van der Waals surface area contributed by atoms with Crippen molar-refractivity contribution < 1.29 is 9.53 Å². The zero-order valence-electron chi connectivity index (χ0n) is 12.4. The van der Waals surface area contributed by atoms with E-state index in [1.165, 1.54) is 12.5 Å². The van der Waals surface area contributed by atoms with Gasteiger partial charge in [0.1, 0.15) is 0 Å². The maximum absolute atomic E-state index is 10.9. The number of hydrogen-bond acceptors (Lipinski definition) is 3. The number of benzene rings is 1. The van der Waals surface area contributed by atoms with Crippen molar-refractivity contribution in [2.24, 2.45) is 5.41 Å². The van der Waals surface area contributed by atoms with Crippen LogP contribution in [-0.2, 0) is 16.1 Å². The lowest BCUT2D eigenvalue weighted by Crippen LogP contribution is -2.36. The molecule has 0 spiro atoms. The van der Waals surface area contributed by atoms with Crippen molar-refractivity contribution in [3.8, 4) is 0 Å². The van der Waals surface area contributed by atoms with Crippen LogP contribution in [0, 0.1) is 5.41 Å². The van der Waals surface area contributed by atoms with E-state index in [-0.39, 0.29) is 5.91 Å². The van der Waals surface area contributed by atoms with Crippen molar-refractivity contribution in [2.75, 3.05) is 25.1 Å². The fourth-order valence-corrected chi connectivity index (χ4v) is 2.46. The Morgan fingerprint density at radius 1 is 1.25 bits per heavy atom. The molecule has 1 amide bonds. The van der Waals surface area contributed by atoms with E-state index in [9.17, 15) is 4.79 Å². The summed E-state index contributed by atoms with van der Waals surface area (Å²) in [6.07, 6.45) is 2.25. The quantitative estimate of drug-likeness (QED) is 0.869. The number of ether oxygens (including phenoxy) is 1. The summed E-state index contributed by atoms with van der Waals surface area (Å²) in [4.78, 5) is 10.9. The molecule has 20 heavy (non-hydrogen) atoms. The van der Waals surface area contributed by atoms with Gasteiger partial charge in [0, 0.05) is 38.9 Å². The third-order valence-corrected chi connectivity index (χ3v) is 3.86. The molecule has 1 heterocycles. The van der Waals surface area contributed by atoms with Gasteiger partial charge in [0.15, 0.2) is 0 Å². The number of rotatable bonds is 5. The molecule has 1 fully saturated rings. The first-order valence-electron chi connectivity index (χ1n) is 7.22. The van der Waals surface area contributed by atoms with Crippen LogP contribution in [0.15, 0.2) is 24.3 Å². The molecule has 0 saturated carbocycles. The molecule has 1 aromatic rings. The van der Waals surface area contributed by atoms with E-state index in [0.717, 1.165) is 44.8 Å². The fraction of sp³-hybridized carbons (Fsp3) is 0.562. The second kappa shape index (κ2) is 6.86. The molecule has 1 aromatic carbocycles. The van der Waals surface area contributed by atoms with Gasteiger partial charge in [-0.1, -0.05) is 19.1 Å². The van der Waals surface area contributed by atoms with Crippen LogP contribution >= 0.6 is 0 Å². The molecule has 1 aliphatic rings. The summed E-state index contributed by atoms with van der Waals surface area (Å²) in [5, 5.41) is 6.30. The Bertz CT molecular complexity index is 436. The van der Waals surface area contributed by atoms with E-state index in [1.54, 1.807) is 0 Å². The van der Waals surface area contributed by atoms with Gasteiger partial charge in [-0.2, -0.15) is 0 Å². The largest absolute Gasteiger partial charge is 0.381 e. The predicted octanol–water partition coefficient (Wildman–Crippen LogP) is 2.55. The van der Waals surface area contributed by atoms with Gasteiger partial charge in [0.05, 0.1) is 0 Å². The molecule has 2 N–H and O–H groups in total. The Balaban J connectivity index is 1.77. The first-order valence-corrected chi connectivity index (χ1v) is 7.22. The van der Waals surface area contributed by atoms with Gasteiger partial charge in [0.2, 0.25) is 5.91 Å². The molecule has 0 bridgehead atoms. The molecule has 0 aromatic heterocycles. The highest BCUT2D eigenvalue weighted by atomic mass is 16.5. The Labute approximate surface area is 120 Å². The summed E-state index contributed by atoms with van der Waals surface area (Å²) < 4.78 is 5.41. The van der Waals surface area contributed by atoms with Crippen LogP contribution in [0.3, 0.4) is 0 Å². The smallest absolute Gasteiger partial charge is 0.221 e. The Morgan fingerprint density at radius 3 is 2.50 bits per heavy atom. The molecule has 1 saturated heterocycles.